The molecule has 8 heteroatoms. The number of nitro benzene ring substituents is 1. The fourth-order valence-electron chi connectivity index (χ4n) is 4.37. The summed E-state index contributed by atoms with van der Waals surface area (Å²) in [5.41, 5.74) is 4.97. The van der Waals surface area contributed by atoms with Crippen LogP contribution in [0.2, 0.25) is 0 Å². The van der Waals surface area contributed by atoms with Crippen LogP contribution in [0, 0.1) is 21.4 Å². The predicted octanol–water partition coefficient (Wildman–Crippen LogP) is 6.75. The van der Waals surface area contributed by atoms with Gasteiger partial charge in [0.2, 0.25) is 0 Å². The topological polar surface area (TPSA) is 94.0 Å². The van der Waals surface area contributed by atoms with Crippen LogP contribution in [0.1, 0.15) is 28.5 Å². The second-order valence-electron chi connectivity index (χ2n) is 8.49. The lowest BCUT2D eigenvalue weighted by Crippen LogP contribution is -2.11. The van der Waals surface area contributed by atoms with E-state index in [0.29, 0.717) is 5.56 Å². The van der Waals surface area contributed by atoms with Crippen molar-refractivity contribution in [3.8, 4) is 17.2 Å². The molecule has 0 N–H and O–H groups in total. The number of nitrogens with zero attached hydrogens (tertiary/aromatic N) is 4. The number of halogens is 1. The highest BCUT2D eigenvalue weighted by atomic mass is 35.5. The van der Waals surface area contributed by atoms with Crippen molar-refractivity contribution in [3.05, 3.63) is 130 Å². The first-order chi connectivity index (χ1) is 17.5. The van der Waals surface area contributed by atoms with Gasteiger partial charge in [-0.2, -0.15) is 5.26 Å². The van der Waals surface area contributed by atoms with E-state index in [2.05, 4.69) is 29.3 Å². The molecule has 5 aromatic rings. The summed E-state index contributed by atoms with van der Waals surface area (Å²) in [6, 6.07) is 28.6. The van der Waals surface area contributed by atoms with Crippen molar-refractivity contribution in [3.63, 3.8) is 0 Å². The molecule has 5 rings (SSSR count). The number of non-ortho nitro benzene ring substituents is 1. The summed E-state index contributed by atoms with van der Waals surface area (Å²) < 4.78 is 8.28. The number of hydrogen-bond donors (Lipinski definition) is 0. The van der Waals surface area contributed by atoms with E-state index >= 15 is 0 Å². The first-order valence-corrected chi connectivity index (χ1v) is 11.4. The van der Waals surface area contributed by atoms with Crippen LogP contribution in [0.3, 0.4) is 0 Å². The highest BCUT2D eigenvalue weighted by Gasteiger charge is 2.21. The number of rotatable bonds is 7. The zero-order valence-electron chi connectivity index (χ0n) is 19.9. The average Bonchev–Trinajstić information content (AvgIpc) is 3.34. The molecule has 1 atom stereocenters. The fraction of sp³-hybridized carbons (Fsp3) is 0.103. The van der Waals surface area contributed by atoms with E-state index in [4.69, 9.17) is 4.74 Å². The zero-order valence-corrected chi connectivity index (χ0v) is 20.8. The molecule has 184 valence electrons. The molecule has 0 bridgehead atoms. The van der Waals surface area contributed by atoms with Crippen molar-refractivity contribution in [2.24, 2.45) is 7.05 Å². The van der Waals surface area contributed by atoms with Crippen LogP contribution in [0.5, 0.6) is 0 Å². The predicted molar refractivity (Wildman–Crippen MR) is 144 cm³/mol. The van der Waals surface area contributed by atoms with Crippen LogP contribution in [-0.4, -0.2) is 14.5 Å². The summed E-state index contributed by atoms with van der Waals surface area (Å²) in [5, 5.41) is 23.0. The highest BCUT2D eigenvalue weighted by molar-refractivity contribution is 5.97. The van der Waals surface area contributed by atoms with Crippen LogP contribution in [0.4, 0.5) is 5.69 Å². The summed E-state index contributed by atoms with van der Waals surface area (Å²) >= 11 is 0. The molecule has 1 unspecified atom stereocenters. The molecule has 4 aromatic carbocycles. The van der Waals surface area contributed by atoms with Crippen LogP contribution < -0.4 is 0 Å². The van der Waals surface area contributed by atoms with E-state index in [1.807, 2.05) is 54.1 Å². The van der Waals surface area contributed by atoms with Gasteiger partial charge in [0.25, 0.3) is 5.69 Å². The Hall–Kier alpha value is -4.51. The van der Waals surface area contributed by atoms with E-state index in [1.165, 1.54) is 12.1 Å². The Bertz CT molecular complexity index is 1600. The van der Waals surface area contributed by atoms with E-state index < -0.39 is 11.0 Å². The van der Waals surface area contributed by atoms with Crippen molar-refractivity contribution in [2.75, 3.05) is 0 Å². The molecule has 0 aliphatic carbocycles. The van der Waals surface area contributed by atoms with E-state index in [1.54, 1.807) is 24.7 Å². The molecular weight excluding hydrogens is 488 g/mol. The quantitative estimate of drug-likeness (QED) is 0.178. The molecule has 0 amide bonds. The van der Waals surface area contributed by atoms with Gasteiger partial charge >= 0.3 is 0 Å². The molecule has 0 saturated heterocycles. The average molecular weight is 511 g/mol. The Labute approximate surface area is 220 Å². The number of fused-ring (bicyclic) bond motifs is 1. The van der Waals surface area contributed by atoms with E-state index in [0.717, 1.165) is 38.7 Å². The van der Waals surface area contributed by atoms with Crippen LogP contribution in [0.15, 0.2) is 97.5 Å². The minimum Gasteiger partial charge on any atom is -0.363 e. The summed E-state index contributed by atoms with van der Waals surface area (Å²) in [5.74, 6) is 0. The number of ether oxygens (including phenoxy) is 1. The minimum absolute atomic E-state index is 0. The van der Waals surface area contributed by atoms with Crippen LogP contribution in [-0.2, 0) is 18.4 Å². The van der Waals surface area contributed by atoms with Gasteiger partial charge in [0, 0.05) is 24.7 Å². The number of aryl methyl sites for hydroxylation is 1. The van der Waals surface area contributed by atoms with Crippen LogP contribution >= 0.6 is 12.4 Å². The van der Waals surface area contributed by atoms with Gasteiger partial charge in [-0.25, -0.2) is 4.98 Å². The number of nitro groups is 1. The number of nitriles is 1. The third-order valence-electron chi connectivity index (χ3n) is 6.23. The lowest BCUT2D eigenvalue weighted by Gasteiger charge is -2.21. The lowest BCUT2D eigenvalue weighted by atomic mass is 9.92. The number of hydrogen-bond acceptors (Lipinski definition) is 5. The molecule has 0 aliphatic rings. The second-order valence-corrected chi connectivity index (χ2v) is 8.49. The normalized spacial score (nSPS) is 11.5. The number of benzene rings is 4. The van der Waals surface area contributed by atoms with Gasteiger partial charge in [-0.1, -0.05) is 48.5 Å². The Morgan fingerprint density at radius 1 is 1.03 bits per heavy atom. The summed E-state index contributed by atoms with van der Waals surface area (Å²) in [7, 11) is 1.90. The molecule has 0 fully saturated rings. The summed E-state index contributed by atoms with van der Waals surface area (Å²) in [6.45, 7) is 0.247. The molecule has 37 heavy (non-hydrogen) atoms. The van der Waals surface area contributed by atoms with Gasteiger partial charge in [-0.15, -0.1) is 12.4 Å². The highest BCUT2D eigenvalue weighted by Crippen LogP contribution is 2.35. The lowest BCUT2D eigenvalue weighted by molar-refractivity contribution is -0.384. The molecule has 1 heterocycles. The Kier molecular flexibility index (Phi) is 7.63. The standard InChI is InChI=1S/C29H22N4O3.ClH/c1-32-19-31-17-28(32)29(36-18-20-9-13-24(14-10-20)33(34)35)22-11-12-23(16-30)27(15-22)26-8-4-6-21-5-2-3-7-25(21)26;/h2-15,17,19,29H,18H2,1H3;1H. The monoisotopic (exact) mass is 510 g/mol. The molecule has 0 saturated carbocycles. The molecule has 0 spiro atoms. The van der Waals surface area contributed by atoms with Gasteiger partial charge < -0.3 is 9.30 Å². The van der Waals surface area contributed by atoms with Crippen molar-refractivity contribution in [1.29, 1.82) is 5.26 Å². The maximum absolute atomic E-state index is 11.0. The van der Waals surface area contributed by atoms with Gasteiger partial charge in [0.05, 0.1) is 41.4 Å². The van der Waals surface area contributed by atoms with Gasteiger partial charge in [-0.3, -0.25) is 10.1 Å². The first kappa shape index (κ1) is 25.6. The molecule has 1 aromatic heterocycles. The van der Waals surface area contributed by atoms with Crippen molar-refractivity contribution < 1.29 is 9.66 Å². The SMILES string of the molecule is Cl.Cn1cncc1C(OCc1ccc([N+](=O)[O-])cc1)c1ccc(C#N)c(-c2cccc3ccccc23)c1. The van der Waals surface area contributed by atoms with E-state index in [-0.39, 0.29) is 24.7 Å². The Morgan fingerprint density at radius 2 is 1.78 bits per heavy atom. The minimum atomic E-state index is -0.464. The Balaban J connectivity index is 0.00000320. The molecule has 0 aliphatic heterocycles. The third kappa shape index (κ3) is 5.21. The molecule has 7 nitrogen and oxygen atoms in total. The Morgan fingerprint density at radius 3 is 2.49 bits per heavy atom. The smallest absolute Gasteiger partial charge is 0.269 e. The van der Waals surface area contributed by atoms with Gasteiger partial charge in [0.1, 0.15) is 6.10 Å². The summed E-state index contributed by atoms with van der Waals surface area (Å²) in [4.78, 5) is 14.8. The number of aromatic nitrogens is 2. The van der Waals surface area contributed by atoms with Crippen molar-refractivity contribution in [1.82, 2.24) is 9.55 Å². The van der Waals surface area contributed by atoms with Crippen LogP contribution in [0.25, 0.3) is 21.9 Å². The zero-order chi connectivity index (χ0) is 25.1. The summed E-state index contributed by atoms with van der Waals surface area (Å²) in [6.07, 6.45) is 3.01. The van der Waals surface area contributed by atoms with Gasteiger partial charge in [0.15, 0.2) is 0 Å². The largest absolute Gasteiger partial charge is 0.363 e. The number of imidazole rings is 1. The van der Waals surface area contributed by atoms with E-state index in [9.17, 15) is 15.4 Å². The third-order valence-corrected chi connectivity index (χ3v) is 6.23. The fourth-order valence-corrected chi connectivity index (χ4v) is 4.37. The maximum Gasteiger partial charge on any atom is 0.269 e. The van der Waals surface area contributed by atoms with Crippen molar-refractivity contribution >= 4 is 28.9 Å². The van der Waals surface area contributed by atoms with Gasteiger partial charge in [-0.05, 0) is 51.7 Å². The maximum atomic E-state index is 11.0. The first-order valence-electron chi connectivity index (χ1n) is 11.4. The van der Waals surface area contributed by atoms with Crippen molar-refractivity contribution in [2.45, 2.75) is 12.7 Å². The second kappa shape index (κ2) is 11.0. The molecular formula is C29H23ClN4O3. The molecule has 0 radical (unpaired) electrons.